The molecule has 2 aliphatic rings. The molecule has 0 unspecified atom stereocenters. The average Bonchev–Trinajstić information content (AvgIpc) is 2.81. The highest BCUT2D eigenvalue weighted by atomic mass is 16.5. The Morgan fingerprint density at radius 2 is 1.77 bits per heavy atom. The Morgan fingerprint density at radius 1 is 1.03 bits per heavy atom. The maximum atomic E-state index is 13.4. The SMILES string of the molecule is COc1nc(-c2ccccc2)nc(C)c1CC(=O)N1CCCC[C@@H]1CN1CCCCC1. The van der Waals surface area contributed by atoms with Crippen LogP contribution in [0.4, 0.5) is 0 Å². The van der Waals surface area contributed by atoms with Gasteiger partial charge in [-0.25, -0.2) is 4.98 Å². The van der Waals surface area contributed by atoms with Crippen LogP contribution < -0.4 is 4.74 Å². The standard InChI is InChI=1S/C25H34N4O2/c1-19-22(25(31-2)27-24(26-19)20-11-5-3-6-12-20)17-23(30)29-16-10-7-13-21(29)18-28-14-8-4-9-15-28/h3,5-6,11-12,21H,4,7-10,13-18H2,1-2H3/t21-/m1/s1. The zero-order chi connectivity index (χ0) is 21.6. The molecule has 1 aromatic carbocycles. The molecule has 166 valence electrons. The van der Waals surface area contributed by atoms with Gasteiger partial charge < -0.3 is 14.5 Å². The van der Waals surface area contributed by atoms with Crippen molar-refractivity contribution in [2.45, 2.75) is 57.9 Å². The topological polar surface area (TPSA) is 58.6 Å². The summed E-state index contributed by atoms with van der Waals surface area (Å²) in [5, 5.41) is 0. The summed E-state index contributed by atoms with van der Waals surface area (Å²) in [4.78, 5) is 27.4. The van der Waals surface area contributed by atoms with Gasteiger partial charge in [-0.3, -0.25) is 4.79 Å². The molecule has 0 N–H and O–H groups in total. The van der Waals surface area contributed by atoms with Crippen LogP contribution in [0.5, 0.6) is 5.88 Å². The molecule has 31 heavy (non-hydrogen) atoms. The molecular formula is C25H34N4O2. The number of carbonyl (C=O) groups is 1. The molecule has 6 nitrogen and oxygen atoms in total. The van der Waals surface area contributed by atoms with E-state index in [1.54, 1.807) is 7.11 Å². The lowest BCUT2D eigenvalue weighted by Gasteiger charge is -2.40. The van der Waals surface area contributed by atoms with Crippen molar-refractivity contribution in [1.82, 2.24) is 19.8 Å². The Hall–Kier alpha value is -2.47. The number of aromatic nitrogens is 2. The van der Waals surface area contributed by atoms with Gasteiger partial charge in [0, 0.05) is 36.0 Å². The molecule has 1 atom stereocenters. The minimum Gasteiger partial charge on any atom is -0.481 e. The highest BCUT2D eigenvalue weighted by molar-refractivity contribution is 5.80. The number of ether oxygens (including phenoxy) is 1. The summed E-state index contributed by atoms with van der Waals surface area (Å²) < 4.78 is 5.59. The zero-order valence-electron chi connectivity index (χ0n) is 18.8. The Labute approximate surface area is 185 Å². The predicted octanol–water partition coefficient (Wildman–Crippen LogP) is 3.87. The van der Waals surface area contributed by atoms with Crippen LogP contribution >= 0.6 is 0 Å². The number of piperidine rings is 2. The summed E-state index contributed by atoms with van der Waals surface area (Å²) in [6.45, 7) is 6.13. The van der Waals surface area contributed by atoms with Crippen LogP contribution in [-0.2, 0) is 11.2 Å². The van der Waals surface area contributed by atoms with Gasteiger partial charge in [0.15, 0.2) is 5.82 Å². The summed E-state index contributed by atoms with van der Waals surface area (Å²) in [6.07, 6.45) is 7.58. The van der Waals surface area contributed by atoms with Gasteiger partial charge in [0.25, 0.3) is 0 Å². The summed E-state index contributed by atoms with van der Waals surface area (Å²) >= 11 is 0. The van der Waals surface area contributed by atoms with E-state index in [1.807, 2.05) is 37.3 Å². The summed E-state index contributed by atoms with van der Waals surface area (Å²) in [5.74, 6) is 1.30. The van der Waals surface area contributed by atoms with Gasteiger partial charge in [0.05, 0.1) is 13.5 Å². The fourth-order valence-electron chi connectivity index (χ4n) is 4.87. The Kier molecular flexibility index (Phi) is 7.17. The van der Waals surface area contributed by atoms with E-state index in [9.17, 15) is 4.79 Å². The van der Waals surface area contributed by atoms with Crippen LogP contribution in [0.1, 0.15) is 49.8 Å². The van der Waals surface area contributed by atoms with E-state index in [0.29, 0.717) is 24.2 Å². The highest BCUT2D eigenvalue weighted by Gasteiger charge is 2.30. The second kappa shape index (κ2) is 10.2. The number of aryl methyl sites for hydroxylation is 1. The molecule has 2 saturated heterocycles. The first kappa shape index (κ1) is 21.8. The van der Waals surface area contributed by atoms with Crippen molar-refractivity contribution >= 4 is 5.91 Å². The van der Waals surface area contributed by atoms with E-state index >= 15 is 0 Å². The van der Waals surface area contributed by atoms with Crippen molar-refractivity contribution in [2.75, 3.05) is 33.3 Å². The van der Waals surface area contributed by atoms with E-state index in [2.05, 4.69) is 14.8 Å². The van der Waals surface area contributed by atoms with Crippen LogP contribution in [0.2, 0.25) is 0 Å². The molecule has 2 fully saturated rings. The molecule has 0 spiro atoms. The third-order valence-corrected chi connectivity index (χ3v) is 6.59. The maximum absolute atomic E-state index is 13.4. The molecule has 2 aromatic rings. The second-order valence-corrected chi connectivity index (χ2v) is 8.76. The van der Waals surface area contributed by atoms with Gasteiger partial charge in [-0.15, -0.1) is 0 Å². The van der Waals surface area contributed by atoms with Crippen LogP contribution in [0, 0.1) is 6.92 Å². The number of methoxy groups -OCH3 is 1. The van der Waals surface area contributed by atoms with E-state index in [4.69, 9.17) is 9.72 Å². The molecule has 1 amide bonds. The van der Waals surface area contributed by atoms with Crippen molar-refractivity contribution in [3.8, 4) is 17.3 Å². The van der Waals surface area contributed by atoms with Gasteiger partial charge in [0.1, 0.15) is 0 Å². The third kappa shape index (κ3) is 5.24. The molecule has 3 heterocycles. The lowest BCUT2D eigenvalue weighted by Crippen LogP contribution is -2.50. The summed E-state index contributed by atoms with van der Waals surface area (Å²) in [6, 6.07) is 10.2. The van der Waals surface area contributed by atoms with E-state index in [-0.39, 0.29) is 5.91 Å². The number of rotatable bonds is 6. The molecule has 0 radical (unpaired) electrons. The van der Waals surface area contributed by atoms with Crippen molar-refractivity contribution < 1.29 is 9.53 Å². The largest absolute Gasteiger partial charge is 0.481 e. The number of hydrogen-bond donors (Lipinski definition) is 0. The summed E-state index contributed by atoms with van der Waals surface area (Å²) in [5.41, 5.74) is 2.55. The van der Waals surface area contributed by atoms with Gasteiger partial charge in [0.2, 0.25) is 11.8 Å². The zero-order valence-corrected chi connectivity index (χ0v) is 18.8. The first-order valence-electron chi connectivity index (χ1n) is 11.6. The minimum atomic E-state index is 0.166. The first-order chi connectivity index (χ1) is 15.2. The lowest BCUT2D eigenvalue weighted by molar-refractivity contribution is -0.134. The quantitative estimate of drug-likeness (QED) is 0.707. The fourth-order valence-corrected chi connectivity index (χ4v) is 4.87. The van der Waals surface area contributed by atoms with Gasteiger partial charge in [-0.05, 0) is 52.1 Å². The number of benzene rings is 1. The Morgan fingerprint density at radius 3 is 2.52 bits per heavy atom. The average molecular weight is 423 g/mol. The van der Waals surface area contributed by atoms with E-state index < -0.39 is 0 Å². The molecule has 1 aromatic heterocycles. The van der Waals surface area contributed by atoms with Gasteiger partial charge in [-0.1, -0.05) is 36.8 Å². The normalized spacial score (nSPS) is 19.9. The van der Waals surface area contributed by atoms with Crippen LogP contribution in [0.25, 0.3) is 11.4 Å². The van der Waals surface area contributed by atoms with Crippen molar-refractivity contribution in [3.05, 3.63) is 41.6 Å². The number of nitrogens with zero attached hydrogens (tertiary/aromatic N) is 4. The predicted molar refractivity (Wildman–Crippen MR) is 122 cm³/mol. The highest BCUT2D eigenvalue weighted by Crippen LogP contribution is 2.26. The lowest BCUT2D eigenvalue weighted by atomic mass is 9.99. The third-order valence-electron chi connectivity index (χ3n) is 6.59. The molecule has 6 heteroatoms. The van der Waals surface area contributed by atoms with E-state index in [0.717, 1.165) is 42.8 Å². The van der Waals surface area contributed by atoms with Crippen LogP contribution in [0.15, 0.2) is 30.3 Å². The smallest absolute Gasteiger partial charge is 0.227 e. The molecule has 0 saturated carbocycles. The van der Waals surface area contributed by atoms with E-state index in [1.165, 1.54) is 38.8 Å². The summed E-state index contributed by atoms with van der Waals surface area (Å²) in [7, 11) is 1.62. The van der Waals surface area contributed by atoms with Crippen molar-refractivity contribution in [2.24, 2.45) is 0 Å². The molecule has 4 rings (SSSR count). The number of hydrogen-bond acceptors (Lipinski definition) is 5. The maximum Gasteiger partial charge on any atom is 0.227 e. The van der Waals surface area contributed by atoms with Crippen molar-refractivity contribution in [3.63, 3.8) is 0 Å². The number of likely N-dealkylation sites (tertiary alicyclic amines) is 2. The van der Waals surface area contributed by atoms with Crippen LogP contribution in [0.3, 0.4) is 0 Å². The van der Waals surface area contributed by atoms with Gasteiger partial charge >= 0.3 is 0 Å². The fraction of sp³-hybridized carbons (Fsp3) is 0.560. The monoisotopic (exact) mass is 422 g/mol. The minimum absolute atomic E-state index is 0.166. The Bertz CT molecular complexity index is 881. The molecule has 0 bridgehead atoms. The Balaban J connectivity index is 1.51. The van der Waals surface area contributed by atoms with Crippen LogP contribution in [-0.4, -0.2) is 65.0 Å². The first-order valence-corrected chi connectivity index (χ1v) is 11.6. The van der Waals surface area contributed by atoms with Gasteiger partial charge in [-0.2, -0.15) is 4.98 Å². The molecule has 2 aliphatic heterocycles. The number of amides is 1. The van der Waals surface area contributed by atoms with Crippen molar-refractivity contribution in [1.29, 1.82) is 0 Å². The second-order valence-electron chi connectivity index (χ2n) is 8.76. The number of carbonyl (C=O) groups excluding carboxylic acids is 1. The molecular weight excluding hydrogens is 388 g/mol. The molecule has 0 aliphatic carbocycles.